The molecule has 2 amide bonds. The van der Waals surface area contributed by atoms with E-state index >= 15 is 0 Å². The number of piperazine rings is 1. The topological polar surface area (TPSA) is 75.2 Å². The van der Waals surface area contributed by atoms with Crippen molar-refractivity contribution in [3.63, 3.8) is 0 Å². The Labute approximate surface area is 130 Å². The molecule has 0 saturated carbocycles. The van der Waals surface area contributed by atoms with Crippen LogP contribution in [0.1, 0.15) is 27.8 Å². The van der Waals surface area contributed by atoms with Crippen LogP contribution in [-0.4, -0.2) is 38.6 Å². The van der Waals surface area contributed by atoms with Crippen molar-refractivity contribution in [3.05, 3.63) is 47.0 Å². The molecule has 1 aromatic carbocycles. The Morgan fingerprint density at radius 3 is 2.95 bits per heavy atom. The molecule has 2 heterocycles. The molecule has 1 atom stereocenters. The largest absolute Gasteiger partial charge is 0.352 e. The predicted octanol–water partition coefficient (Wildman–Crippen LogP) is 1.30. The molecule has 1 fully saturated rings. The summed E-state index contributed by atoms with van der Waals surface area (Å²) in [7, 11) is 0. The minimum absolute atomic E-state index is 0.237. The lowest BCUT2D eigenvalue weighted by atomic mass is 10.0. The molecule has 2 aromatic rings. The normalized spacial score (nSPS) is 18.2. The van der Waals surface area contributed by atoms with Gasteiger partial charge >= 0.3 is 0 Å². The number of carbonyl (C=O) groups excluding carboxylic acids is 2. The van der Waals surface area contributed by atoms with Crippen molar-refractivity contribution < 1.29 is 14.0 Å². The lowest BCUT2D eigenvalue weighted by Gasteiger charge is -2.34. The van der Waals surface area contributed by atoms with Crippen molar-refractivity contribution >= 4 is 23.5 Å². The standard InChI is InChI=1S/C14H13FN4O2S/c1-8-11(18-22-17-8)14(21)19-6-5-16-13(20)12(19)9-3-2-4-10(15)7-9/h2-4,7,12H,5-6H2,1H3,(H,16,20). The van der Waals surface area contributed by atoms with Crippen molar-refractivity contribution in [1.29, 1.82) is 0 Å². The molecule has 0 bridgehead atoms. The van der Waals surface area contributed by atoms with Gasteiger partial charge in [-0.3, -0.25) is 9.59 Å². The van der Waals surface area contributed by atoms with Gasteiger partial charge in [0, 0.05) is 13.1 Å². The van der Waals surface area contributed by atoms with Crippen LogP contribution in [0.3, 0.4) is 0 Å². The Morgan fingerprint density at radius 2 is 2.27 bits per heavy atom. The highest BCUT2D eigenvalue weighted by Gasteiger charge is 2.36. The number of benzene rings is 1. The van der Waals surface area contributed by atoms with E-state index in [2.05, 4.69) is 14.1 Å². The summed E-state index contributed by atoms with van der Waals surface area (Å²) in [6.45, 7) is 2.38. The van der Waals surface area contributed by atoms with Gasteiger partial charge in [0.25, 0.3) is 5.91 Å². The van der Waals surface area contributed by atoms with E-state index in [1.54, 1.807) is 13.0 Å². The molecule has 8 heteroatoms. The van der Waals surface area contributed by atoms with Crippen LogP contribution in [0.2, 0.25) is 0 Å². The summed E-state index contributed by atoms with van der Waals surface area (Å²) in [6, 6.07) is 4.85. The minimum atomic E-state index is -0.863. The fraction of sp³-hybridized carbons (Fsp3) is 0.286. The Kier molecular flexibility index (Phi) is 3.84. The third-order valence-electron chi connectivity index (χ3n) is 3.49. The first-order valence-corrected chi connectivity index (χ1v) is 7.44. The molecule has 22 heavy (non-hydrogen) atoms. The summed E-state index contributed by atoms with van der Waals surface area (Å²) in [4.78, 5) is 26.3. The molecular formula is C14H13FN4O2S. The smallest absolute Gasteiger partial charge is 0.276 e. The summed E-state index contributed by atoms with van der Waals surface area (Å²) in [5.41, 5.74) is 1.20. The second-order valence-electron chi connectivity index (χ2n) is 4.95. The minimum Gasteiger partial charge on any atom is -0.352 e. The van der Waals surface area contributed by atoms with Gasteiger partial charge in [0.15, 0.2) is 5.69 Å². The molecule has 0 radical (unpaired) electrons. The Hall–Kier alpha value is -2.35. The summed E-state index contributed by atoms with van der Waals surface area (Å²) in [5.74, 6) is -1.14. The third-order valence-corrected chi connectivity index (χ3v) is 4.11. The van der Waals surface area contributed by atoms with Crippen LogP contribution in [0.5, 0.6) is 0 Å². The van der Waals surface area contributed by atoms with Crippen LogP contribution >= 0.6 is 11.7 Å². The van der Waals surface area contributed by atoms with Crippen LogP contribution in [0.25, 0.3) is 0 Å². The van der Waals surface area contributed by atoms with Crippen molar-refractivity contribution in [2.45, 2.75) is 13.0 Å². The van der Waals surface area contributed by atoms with Crippen molar-refractivity contribution in [3.8, 4) is 0 Å². The predicted molar refractivity (Wildman–Crippen MR) is 77.8 cm³/mol. The second kappa shape index (κ2) is 5.80. The molecule has 1 unspecified atom stereocenters. The lowest BCUT2D eigenvalue weighted by Crippen LogP contribution is -2.52. The van der Waals surface area contributed by atoms with Crippen LogP contribution < -0.4 is 5.32 Å². The van der Waals surface area contributed by atoms with Crippen LogP contribution in [0.15, 0.2) is 24.3 Å². The number of hydrogen-bond donors (Lipinski definition) is 1. The zero-order chi connectivity index (χ0) is 15.7. The van der Waals surface area contributed by atoms with Gasteiger partial charge in [-0.2, -0.15) is 8.75 Å². The van der Waals surface area contributed by atoms with Crippen LogP contribution in [0, 0.1) is 12.7 Å². The molecule has 6 nitrogen and oxygen atoms in total. The molecule has 0 spiro atoms. The average molecular weight is 320 g/mol. The maximum absolute atomic E-state index is 13.5. The molecule has 114 valence electrons. The zero-order valence-electron chi connectivity index (χ0n) is 11.7. The number of amides is 2. The molecule has 1 saturated heterocycles. The van der Waals surface area contributed by atoms with Crippen LogP contribution in [0.4, 0.5) is 4.39 Å². The number of aryl methyl sites for hydroxylation is 1. The summed E-state index contributed by atoms with van der Waals surface area (Å²) < 4.78 is 21.4. The van der Waals surface area contributed by atoms with Gasteiger partial charge in [0.05, 0.1) is 17.4 Å². The number of nitrogens with zero attached hydrogens (tertiary/aromatic N) is 3. The van der Waals surface area contributed by atoms with E-state index in [1.807, 2.05) is 0 Å². The Balaban J connectivity index is 1.99. The number of carbonyl (C=O) groups is 2. The zero-order valence-corrected chi connectivity index (χ0v) is 12.6. The van der Waals surface area contributed by atoms with E-state index in [-0.39, 0.29) is 17.5 Å². The van der Waals surface area contributed by atoms with E-state index in [1.165, 1.54) is 23.1 Å². The van der Waals surface area contributed by atoms with Gasteiger partial charge < -0.3 is 10.2 Å². The molecule has 1 aliphatic heterocycles. The number of aromatic nitrogens is 2. The number of rotatable bonds is 2. The average Bonchev–Trinajstić information content (AvgIpc) is 2.92. The van der Waals surface area contributed by atoms with Crippen LogP contribution in [-0.2, 0) is 4.79 Å². The van der Waals surface area contributed by atoms with Crippen molar-refractivity contribution in [2.75, 3.05) is 13.1 Å². The molecule has 0 aliphatic carbocycles. The maximum Gasteiger partial charge on any atom is 0.276 e. The summed E-state index contributed by atoms with van der Waals surface area (Å²) in [6.07, 6.45) is 0. The molecule has 1 aromatic heterocycles. The first kappa shape index (κ1) is 14.6. The van der Waals surface area contributed by atoms with Gasteiger partial charge in [0.1, 0.15) is 11.9 Å². The summed E-state index contributed by atoms with van der Waals surface area (Å²) >= 11 is 0.951. The fourth-order valence-corrected chi connectivity index (χ4v) is 3.00. The summed E-state index contributed by atoms with van der Waals surface area (Å²) in [5, 5.41) is 2.71. The van der Waals surface area contributed by atoms with Gasteiger partial charge in [-0.15, -0.1) is 0 Å². The maximum atomic E-state index is 13.5. The number of hydrogen-bond acceptors (Lipinski definition) is 5. The van der Waals surface area contributed by atoms with E-state index < -0.39 is 11.9 Å². The van der Waals surface area contributed by atoms with E-state index in [9.17, 15) is 14.0 Å². The monoisotopic (exact) mass is 320 g/mol. The third kappa shape index (κ3) is 2.57. The van der Waals surface area contributed by atoms with E-state index in [0.717, 1.165) is 11.7 Å². The van der Waals surface area contributed by atoms with Gasteiger partial charge in [-0.1, -0.05) is 12.1 Å². The lowest BCUT2D eigenvalue weighted by molar-refractivity contribution is -0.128. The fourth-order valence-electron chi connectivity index (χ4n) is 2.46. The second-order valence-corrected chi connectivity index (χ2v) is 5.47. The highest BCUT2D eigenvalue weighted by molar-refractivity contribution is 6.99. The first-order valence-electron chi connectivity index (χ1n) is 6.71. The Bertz CT molecular complexity index is 733. The van der Waals surface area contributed by atoms with Crippen molar-refractivity contribution in [1.82, 2.24) is 19.0 Å². The number of halogens is 1. The van der Waals surface area contributed by atoms with Crippen molar-refractivity contribution in [2.24, 2.45) is 0 Å². The Morgan fingerprint density at radius 1 is 1.45 bits per heavy atom. The number of nitrogens with one attached hydrogen (secondary N) is 1. The van der Waals surface area contributed by atoms with Gasteiger partial charge in [-0.05, 0) is 24.6 Å². The molecular weight excluding hydrogens is 307 g/mol. The SMILES string of the molecule is Cc1nsnc1C(=O)N1CCNC(=O)C1c1cccc(F)c1. The van der Waals surface area contributed by atoms with Gasteiger partial charge in [0.2, 0.25) is 5.91 Å². The van der Waals surface area contributed by atoms with Gasteiger partial charge in [-0.25, -0.2) is 4.39 Å². The molecule has 1 N–H and O–H groups in total. The molecule has 1 aliphatic rings. The van der Waals surface area contributed by atoms with E-state index in [0.29, 0.717) is 24.3 Å². The first-order chi connectivity index (χ1) is 10.6. The quantitative estimate of drug-likeness (QED) is 0.905. The highest BCUT2D eigenvalue weighted by atomic mass is 32.1. The molecule has 3 rings (SSSR count). The highest BCUT2D eigenvalue weighted by Crippen LogP contribution is 2.26. The van der Waals surface area contributed by atoms with E-state index in [4.69, 9.17) is 0 Å².